The van der Waals surface area contributed by atoms with Crippen molar-refractivity contribution in [3.05, 3.63) is 84.1 Å². The van der Waals surface area contributed by atoms with Crippen molar-refractivity contribution in [3.63, 3.8) is 0 Å². The average molecular weight is 518 g/mol. The number of fused-ring (bicyclic) bond motifs is 1. The monoisotopic (exact) mass is 518 g/mol. The van der Waals surface area contributed by atoms with E-state index in [0.717, 1.165) is 6.07 Å². The van der Waals surface area contributed by atoms with Gasteiger partial charge >= 0.3 is 12.0 Å². The number of pyridine rings is 1. The third-order valence-electron chi connectivity index (χ3n) is 5.23. The van der Waals surface area contributed by atoms with E-state index in [1.807, 2.05) is 6.07 Å². The average Bonchev–Trinajstić information content (AvgIpc) is 2.89. The molecule has 0 spiro atoms. The lowest BCUT2D eigenvalue weighted by atomic mass is 10.1. The largest absolute Gasteiger partial charge is 0.492 e. The second-order valence-electron chi connectivity index (χ2n) is 7.96. The fourth-order valence-electron chi connectivity index (χ4n) is 3.46. The molecule has 1 aromatic heterocycles. The van der Waals surface area contributed by atoms with Gasteiger partial charge in [0.1, 0.15) is 35.0 Å². The Morgan fingerprint density at radius 1 is 1.00 bits per heavy atom. The van der Waals surface area contributed by atoms with Gasteiger partial charge in [0.2, 0.25) is 0 Å². The number of ether oxygens (including phenoxy) is 2. The minimum absolute atomic E-state index is 0.0600. The number of urea groups is 1. The van der Waals surface area contributed by atoms with Gasteiger partial charge in [-0.25, -0.2) is 13.6 Å². The maximum Gasteiger partial charge on any atom is 0.323 e. The standard InChI is InChI=1S/C27H20F2N4O5/c28-17-3-5-18(6-4-17)32-27(36)33-22-8-7-19(13-21(22)29)38-24-9-10-31-23-14-25(16(15-30)12-20(23)24)37-11-1-2-26(34)35/h3-10,12-14H,1-2,11H2,(H,34,35)(H2,32,33,36). The zero-order valence-corrected chi connectivity index (χ0v) is 19.7. The molecular formula is C27H20F2N4O5. The number of hydrogen-bond acceptors (Lipinski definition) is 6. The number of carbonyl (C=O) groups excluding carboxylic acids is 1. The topological polar surface area (TPSA) is 134 Å². The Hall–Kier alpha value is -5.24. The van der Waals surface area contributed by atoms with Crippen molar-refractivity contribution in [2.45, 2.75) is 12.8 Å². The molecule has 0 aliphatic rings. The minimum Gasteiger partial charge on any atom is -0.492 e. The van der Waals surface area contributed by atoms with E-state index < -0.39 is 23.6 Å². The van der Waals surface area contributed by atoms with Crippen LogP contribution in [0.2, 0.25) is 0 Å². The number of aliphatic carboxylic acids is 1. The molecule has 0 unspecified atom stereocenters. The second kappa shape index (κ2) is 11.7. The number of anilines is 2. The summed E-state index contributed by atoms with van der Waals surface area (Å²) in [6.07, 6.45) is 1.69. The zero-order chi connectivity index (χ0) is 27.1. The van der Waals surface area contributed by atoms with Gasteiger partial charge < -0.3 is 25.2 Å². The van der Waals surface area contributed by atoms with E-state index in [9.17, 15) is 23.6 Å². The van der Waals surface area contributed by atoms with Crippen LogP contribution in [-0.4, -0.2) is 28.7 Å². The Kier molecular flexibility index (Phi) is 7.93. The van der Waals surface area contributed by atoms with Crippen LogP contribution in [0.15, 0.2) is 66.9 Å². The molecule has 0 radical (unpaired) electrons. The van der Waals surface area contributed by atoms with Crippen LogP contribution in [0.25, 0.3) is 10.9 Å². The molecule has 4 aromatic rings. The maximum atomic E-state index is 14.7. The first-order chi connectivity index (χ1) is 18.3. The first kappa shape index (κ1) is 25.8. The summed E-state index contributed by atoms with van der Waals surface area (Å²) < 4.78 is 39.1. The summed E-state index contributed by atoms with van der Waals surface area (Å²) in [6.45, 7) is 0.115. The molecule has 9 nitrogen and oxygen atoms in total. The number of halogens is 2. The molecule has 192 valence electrons. The van der Waals surface area contributed by atoms with Crippen LogP contribution in [0.3, 0.4) is 0 Å². The molecule has 0 aliphatic carbocycles. The number of aromatic nitrogens is 1. The summed E-state index contributed by atoms with van der Waals surface area (Å²) in [6, 6.07) is 14.9. The van der Waals surface area contributed by atoms with Gasteiger partial charge in [-0.3, -0.25) is 9.78 Å². The lowest BCUT2D eigenvalue weighted by molar-refractivity contribution is -0.137. The summed E-state index contributed by atoms with van der Waals surface area (Å²) in [5.41, 5.74) is 0.877. The van der Waals surface area contributed by atoms with Crippen LogP contribution in [0.4, 0.5) is 25.0 Å². The number of rotatable bonds is 9. The van der Waals surface area contributed by atoms with Crippen molar-refractivity contribution < 1.29 is 33.0 Å². The Morgan fingerprint density at radius 2 is 1.79 bits per heavy atom. The summed E-state index contributed by atoms with van der Waals surface area (Å²) in [5, 5.41) is 23.6. The van der Waals surface area contributed by atoms with Gasteiger partial charge in [-0.05, 0) is 55.0 Å². The van der Waals surface area contributed by atoms with E-state index in [1.165, 1.54) is 48.7 Å². The normalized spacial score (nSPS) is 10.4. The molecule has 1 heterocycles. The lowest BCUT2D eigenvalue weighted by Crippen LogP contribution is -2.20. The van der Waals surface area contributed by atoms with Gasteiger partial charge in [0, 0.05) is 35.8 Å². The third-order valence-corrected chi connectivity index (χ3v) is 5.23. The quantitative estimate of drug-likeness (QED) is 0.229. The highest BCUT2D eigenvalue weighted by atomic mass is 19.1. The summed E-state index contributed by atoms with van der Waals surface area (Å²) in [5.74, 6) is -1.46. The maximum absolute atomic E-state index is 14.7. The van der Waals surface area contributed by atoms with Gasteiger partial charge in [0.05, 0.1) is 23.4 Å². The number of hydrogen-bond donors (Lipinski definition) is 3. The number of carbonyl (C=O) groups is 2. The fourth-order valence-corrected chi connectivity index (χ4v) is 3.46. The van der Waals surface area contributed by atoms with Gasteiger partial charge in [0.15, 0.2) is 0 Å². The van der Waals surface area contributed by atoms with Gasteiger partial charge in [-0.2, -0.15) is 5.26 Å². The van der Waals surface area contributed by atoms with Crippen LogP contribution < -0.4 is 20.1 Å². The van der Waals surface area contributed by atoms with Crippen LogP contribution in [0.5, 0.6) is 17.2 Å². The first-order valence-electron chi connectivity index (χ1n) is 11.3. The SMILES string of the molecule is N#Cc1cc2c(Oc3ccc(NC(=O)Nc4ccc(F)cc4)c(F)c3)ccnc2cc1OCCCC(=O)O. The Morgan fingerprint density at radius 3 is 2.50 bits per heavy atom. The van der Waals surface area contributed by atoms with Crippen molar-refractivity contribution in [1.29, 1.82) is 5.26 Å². The van der Waals surface area contributed by atoms with Gasteiger partial charge in [-0.15, -0.1) is 0 Å². The molecule has 0 fully saturated rings. The molecule has 38 heavy (non-hydrogen) atoms. The van der Waals surface area contributed by atoms with E-state index >= 15 is 0 Å². The van der Waals surface area contributed by atoms with E-state index in [-0.39, 0.29) is 42.2 Å². The van der Waals surface area contributed by atoms with Crippen molar-refractivity contribution in [3.8, 4) is 23.3 Å². The number of nitrogens with zero attached hydrogens (tertiary/aromatic N) is 2. The zero-order valence-electron chi connectivity index (χ0n) is 19.7. The van der Waals surface area contributed by atoms with Crippen molar-refractivity contribution >= 4 is 34.3 Å². The smallest absolute Gasteiger partial charge is 0.323 e. The Bertz CT molecular complexity index is 1540. The Balaban J connectivity index is 1.48. The third kappa shape index (κ3) is 6.50. The number of nitriles is 1. The van der Waals surface area contributed by atoms with E-state index in [4.69, 9.17) is 14.6 Å². The molecule has 0 bridgehead atoms. The van der Waals surface area contributed by atoms with Crippen molar-refractivity contribution in [2.75, 3.05) is 17.2 Å². The molecule has 0 aliphatic heterocycles. The van der Waals surface area contributed by atoms with E-state index in [2.05, 4.69) is 15.6 Å². The molecule has 0 saturated heterocycles. The highest BCUT2D eigenvalue weighted by Crippen LogP contribution is 2.34. The molecule has 11 heteroatoms. The predicted octanol–water partition coefficient (Wildman–Crippen LogP) is 6.06. The summed E-state index contributed by atoms with van der Waals surface area (Å²) >= 11 is 0. The number of carboxylic acids is 1. The van der Waals surface area contributed by atoms with Crippen molar-refractivity contribution in [2.24, 2.45) is 0 Å². The second-order valence-corrected chi connectivity index (χ2v) is 7.96. The molecule has 2 amide bonds. The van der Waals surface area contributed by atoms with E-state index in [0.29, 0.717) is 22.3 Å². The molecule has 4 rings (SSSR count). The number of amides is 2. The summed E-state index contributed by atoms with van der Waals surface area (Å²) in [7, 11) is 0. The van der Waals surface area contributed by atoms with Crippen LogP contribution in [0.1, 0.15) is 18.4 Å². The molecule has 3 aromatic carbocycles. The van der Waals surface area contributed by atoms with Crippen LogP contribution >= 0.6 is 0 Å². The number of benzene rings is 3. The molecule has 3 N–H and O–H groups in total. The van der Waals surface area contributed by atoms with E-state index in [1.54, 1.807) is 12.1 Å². The minimum atomic E-state index is -0.940. The molecule has 0 atom stereocenters. The highest BCUT2D eigenvalue weighted by Gasteiger charge is 2.14. The number of carboxylic acid groups (broad SMARTS) is 1. The Labute approximate surface area is 215 Å². The van der Waals surface area contributed by atoms with Gasteiger partial charge in [0.25, 0.3) is 0 Å². The highest BCUT2D eigenvalue weighted by molar-refractivity contribution is 5.99. The summed E-state index contributed by atoms with van der Waals surface area (Å²) in [4.78, 5) is 27.1. The molecular weight excluding hydrogens is 498 g/mol. The number of nitrogens with one attached hydrogen (secondary N) is 2. The lowest BCUT2D eigenvalue weighted by Gasteiger charge is -2.13. The van der Waals surface area contributed by atoms with Crippen LogP contribution in [-0.2, 0) is 4.79 Å². The first-order valence-corrected chi connectivity index (χ1v) is 11.3. The molecule has 0 saturated carbocycles. The predicted molar refractivity (Wildman–Crippen MR) is 134 cm³/mol. The van der Waals surface area contributed by atoms with Gasteiger partial charge in [-0.1, -0.05) is 0 Å². The van der Waals surface area contributed by atoms with Crippen molar-refractivity contribution in [1.82, 2.24) is 4.98 Å². The fraction of sp³-hybridized carbons (Fsp3) is 0.111. The van der Waals surface area contributed by atoms with Crippen LogP contribution in [0, 0.1) is 23.0 Å².